The standard InChI is InChI=1S/C26H32ClN5O4/c1-4-7-19-23-24(32(2)31-19)26(28-15-17-10-11-20-21(14-17)36-16-35-20)30-25(29-23)18(12-13-27)8-5-6-9-22(33)34-3/h6,9-11,14,18H,4-5,7-8,12-13,15-16H2,1-3H3,(H,28,29,30). The quantitative estimate of drug-likeness (QED) is 0.208. The molecular weight excluding hydrogens is 482 g/mol. The summed E-state index contributed by atoms with van der Waals surface area (Å²) in [5.41, 5.74) is 3.74. The van der Waals surface area contributed by atoms with E-state index >= 15 is 0 Å². The number of carbonyl (C=O) groups excluding carboxylic acids is 1. The number of rotatable bonds is 12. The average Bonchev–Trinajstić information content (AvgIpc) is 3.48. The molecule has 1 atom stereocenters. The number of methoxy groups -OCH3 is 1. The van der Waals surface area contributed by atoms with Gasteiger partial charge in [0.15, 0.2) is 17.3 Å². The van der Waals surface area contributed by atoms with Crippen LogP contribution in [-0.2, 0) is 29.5 Å². The van der Waals surface area contributed by atoms with Crippen LogP contribution in [0.25, 0.3) is 11.0 Å². The van der Waals surface area contributed by atoms with Gasteiger partial charge in [-0.2, -0.15) is 5.10 Å². The third kappa shape index (κ3) is 5.90. The lowest BCUT2D eigenvalue weighted by Crippen LogP contribution is -2.11. The maximum atomic E-state index is 11.4. The summed E-state index contributed by atoms with van der Waals surface area (Å²) in [5, 5.41) is 8.24. The van der Waals surface area contributed by atoms with Crippen LogP contribution in [0.1, 0.15) is 55.6 Å². The Hall–Kier alpha value is -3.33. The van der Waals surface area contributed by atoms with Crippen LogP contribution >= 0.6 is 11.6 Å². The van der Waals surface area contributed by atoms with Crippen LogP contribution in [0, 0.1) is 0 Å². The minimum atomic E-state index is -0.365. The van der Waals surface area contributed by atoms with E-state index in [1.807, 2.05) is 36.0 Å². The third-order valence-electron chi connectivity index (χ3n) is 6.11. The molecule has 3 heterocycles. The molecule has 0 saturated carbocycles. The van der Waals surface area contributed by atoms with Gasteiger partial charge in [-0.1, -0.05) is 25.5 Å². The van der Waals surface area contributed by atoms with Gasteiger partial charge in [-0.3, -0.25) is 4.68 Å². The molecule has 0 saturated heterocycles. The molecule has 1 aromatic carbocycles. The summed E-state index contributed by atoms with van der Waals surface area (Å²) in [4.78, 5) is 21.3. The molecule has 2 aromatic heterocycles. The summed E-state index contributed by atoms with van der Waals surface area (Å²) in [6.45, 7) is 2.93. The van der Waals surface area contributed by atoms with E-state index in [4.69, 9.17) is 36.1 Å². The van der Waals surface area contributed by atoms with Crippen molar-refractivity contribution in [2.75, 3.05) is 25.1 Å². The lowest BCUT2D eigenvalue weighted by Gasteiger charge is -2.16. The Morgan fingerprint density at radius 3 is 2.89 bits per heavy atom. The predicted molar refractivity (Wildman–Crippen MR) is 139 cm³/mol. The third-order valence-corrected chi connectivity index (χ3v) is 6.33. The van der Waals surface area contributed by atoms with E-state index in [0.29, 0.717) is 18.8 Å². The van der Waals surface area contributed by atoms with Crippen molar-refractivity contribution in [3.05, 3.63) is 47.4 Å². The molecule has 10 heteroatoms. The molecule has 0 bridgehead atoms. The van der Waals surface area contributed by atoms with E-state index in [2.05, 4.69) is 17.0 Å². The summed E-state index contributed by atoms with van der Waals surface area (Å²) in [6.07, 6.45) is 7.23. The number of benzene rings is 1. The van der Waals surface area contributed by atoms with Gasteiger partial charge in [-0.15, -0.1) is 11.6 Å². The smallest absolute Gasteiger partial charge is 0.330 e. The fourth-order valence-corrected chi connectivity index (χ4v) is 4.55. The predicted octanol–water partition coefficient (Wildman–Crippen LogP) is 4.88. The number of halogens is 1. The average molecular weight is 514 g/mol. The number of hydrogen-bond donors (Lipinski definition) is 1. The lowest BCUT2D eigenvalue weighted by molar-refractivity contribution is -0.134. The van der Waals surface area contributed by atoms with Crippen molar-refractivity contribution in [2.45, 2.75) is 51.5 Å². The molecule has 3 aromatic rings. The van der Waals surface area contributed by atoms with Gasteiger partial charge in [-0.05, 0) is 43.4 Å². The first-order valence-electron chi connectivity index (χ1n) is 12.2. The molecule has 0 spiro atoms. The number of hydrogen-bond acceptors (Lipinski definition) is 8. The number of allylic oxidation sites excluding steroid dienone is 1. The largest absolute Gasteiger partial charge is 0.466 e. The minimum Gasteiger partial charge on any atom is -0.466 e. The molecule has 9 nitrogen and oxygen atoms in total. The molecule has 0 radical (unpaired) electrons. The maximum absolute atomic E-state index is 11.4. The zero-order chi connectivity index (χ0) is 25.5. The lowest BCUT2D eigenvalue weighted by atomic mass is 9.99. The Morgan fingerprint density at radius 1 is 1.28 bits per heavy atom. The van der Waals surface area contributed by atoms with Crippen LogP contribution in [0.3, 0.4) is 0 Å². The summed E-state index contributed by atoms with van der Waals surface area (Å²) >= 11 is 6.16. The van der Waals surface area contributed by atoms with Crippen molar-refractivity contribution in [3.8, 4) is 11.5 Å². The molecular formula is C26H32ClN5O4. The second kappa shape index (κ2) is 12.1. The molecule has 4 rings (SSSR count). The second-order valence-corrected chi connectivity index (χ2v) is 9.04. The molecule has 0 aliphatic carbocycles. The van der Waals surface area contributed by atoms with E-state index in [1.54, 1.807) is 0 Å². The van der Waals surface area contributed by atoms with Crippen LogP contribution < -0.4 is 14.8 Å². The summed E-state index contributed by atoms with van der Waals surface area (Å²) < 4.78 is 17.5. The topological polar surface area (TPSA) is 100 Å². The maximum Gasteiger partial charge on any atom is 0.330 e. The van der Waals surface area contributed by atoms with E-state index in [-0.39, 0.29) is 18.7 Å². The molecule has 192 valence electrons. The number of anilines is 1. The van der Waals surface area contributed by atoms with Crippen molar-refractivity contribution >= 4 is 34.4 Å². The summed E-state index contributed by atoms with van der Waals surface area (Å²) in [6, 6.07) is 5.90. The Labute approximate surface area is 215 Å². The van der Waals surface area contributed by atoms with Gasteiger partial charge in [0, 0.05) is 31.5 Å². The monoisotopic (exact) mass is 513 g/mol. The van der Waals surface area contributed by atoms with Crippen LogP contribution in [0.15, 0.2) is 30.4 Å². The van der Waals surface area contributed by atoms with Gasteiger partial charge in [0.1, 0.15) is 16.9 Å². The van der Waals surface area contributed by atoms with Crippen molar-refractivity contribution < 1.29 is 19.0 Å². The van der Waals surface area contributed by atoms with Crippen molar-refractivity contribution in [3.63, 3.8) is 0 Å². The number of carbonyl (C=O) groups is 1. The van der Waals surface area contributed by atoms with E-state index < -0.39 is 0 Å². The Kier molecular flexibility index (Phi) is 8.64. The number of nitrogens with zero attached hydrogens (tertiary/aromatic N) is 4. The van der Waals surface area contributed by atoms with E-state index in [9.17, 15) is 4.79 Å². The molecule has 0 amide bonds. The van der Waals surface area contributed by atoms with Gasteiger partial charge in [-0.25, -0.2) is 14.8 Å². The molecule has 1 aliphatic rings. The fourth-order valence-electron chi connectivity index (χ4n) is 4.29. The van der Waals surface area contributed by atoms with Gasteiger partial charge in [0.05, 0.1) is 12.8 Å². The summed E-state index contributed by atoms with van der Waals surface area (Å²) in [5.74, 6) is 3.12. The highest BCUT2D eigenvalue weighted by molar-refractivity contribution is 6.17. The highest BCUT2D eigenvalue weighted by atomic mass is 35.5. The zero-order valence-electron chi connectivity index (χ0n) is 20.9. The van der Waals surface area contributed by atoms with E-state index in [0.717, 1.165) is 71.1 Å². The zero-order valence-corrected chi connectivity index (χ0v) is 21.7. The Balaban J connectivity index is 1.64. The highest BCUT2D eigenvalue weighted by Crippen LogP contribution is 2.33. The van der Waals surface area contributed by atoms with Crippen LogP contribution in [-0.4, -0.2) is 45.5 Å². The van der Waals surface area contributed by atoms with Crippen molar-refractivity contribution in [1.29, 1.82) is 0 Å². The van der Waals surface area contributed by atoms with Crippen LogP contribution in [0.2, 0.25) is 0 Å². The molecule has 1 unspecified atom stereocenters. The highest BCUT2D eigenvalue weighted by Gasteiger charge is 2.22. The Morgan fingerprint density at radius 2 is 2.11 bits per heavy atom. The molecule has 36 heavy (non-hydrogen) atoms. The number of ether oxygens (including phenoxy) is 3. The summed E-state index contributed by atoms with van der Waals surface area (Å²) in [7, 11) is 3.29. The number of fused-ring (bicyclic) bond motifs is 2. The molecule has 0 fully saturated rings. The second-order valence-electron chi connectivity index (χ2n) is 8.67. The first kappa shape index (κ1) is 25.8. The van der Waals surface area contributed by atoms with Crippen LogP contribution in [0.4, 0.5) is 5.82 Å². The number of esters is 1. The van der Waals surface area contributed by atoms with Gasteiger partial charge < -0.3 is 19.5 Å². The number of aromatic nitrogens is 4. The van der Waals surface area contributed by atoms with Crippen molar-refractivity contribution in [2.24, 2.45) is 7.05 Å². The van der Waals surface area contributed by atoms with Gasteiger partial charge >= 0.3 is 5.97 Å². The first-order chi connectivity index (χ1) is 17.5. The van der Waals surface area contributed by atoms with Crippen LogP contribution in [0.5, 0.6) is 11.5 Å². The van der Waals surface area contributed by atoms with Gasteiger partial charge in [0.25, 0.3) is 0 Å². The van der Waals surface area contributed by atoms with Crippen molar-refractivity contribution in [1.82, 2.24) is 19.7 Å². The first-order valence-corrected chi connectivity index (χ1v) is 12.7. The normalized spacial score (nSPS) is 13.4. The minimum absolute atomic E-state index is 0.0370. The SMILES string of the molecule is CCCc1nn(C)c2c(NCc3ccc4c(c3)OCO4)nc(C(CCCl)CCC=CC(=O)OC)nc12. The van der Waals surface area contributed by atoms with Gasteiger partial charge in [0.2, 0.25) is 6.79 Å². The molecule has 1 aliphatic heterocycles. The number of aryl methyl sites for hydroxylation is 2. The number of alkyl halides is 1. The molecule has 1 N–H and O–H groups in total. The number of nitrogens with one attached hydrogen (secondary N) is 1. The fraction of sp³-hybridized carbons (Fsp3) is 0.462. The Bertz CT molecular complexity index is 1240. The van der Waals surface area contributed by atoms with E-state index in [1.165, 1.54) is 13.2 Å².